The molecule has 7 unspecified atom stereocenters. The van der Waals surface area contributed by atoms with Crippen molar-refractivity contribution in [3.05, 3.63) is 11.6 Å². The normalized spacial score (nSPS) is 55.8. The lowest BCUT2D eigenvalue weighted by atomic mass is 9.47. The lowest BCUT2D eigenvalue weighted by molar-refractivity contribution is -0.156. The van der Waals surface area contributed by atoms with Crippen molar-refractivity contribution in [2.45, 2.75) is 77.4 Å². The van der Waals surface area contributed by atoms with Crippen LogP contribution in [0.15, 0.2) is 11.6 Å². The zero-order valence-corrected chi connectivity index (χ0v) is 15.0. The molecule has 3 saturated carbocycles. The van der Waals surface area contributed by atoms with E-state index in [-0.39, 0.29) is 29.0 Å². The van der Waals surface area contributed by atoms with Crippen molar-refractivity contribution in [1.82, 2.24) is 0 Å². The smallest absolute Gasteiger partial charge is 0.313 e. The Morgan fingerprint density at radius 2 is 1.92 bits per heavy atom. The van der Waals surface area contributed by atoms with E-state index in [4.69, 9.17) is 4.74 Å². The van der Waals surface area contributed by atoms with Gasteiger partial charge in [-0.1, -0.05) is 18.6 Å². The van der Waals surface area contributed by atoms with Crippen LogP contribution in [0.1, 0.15) is 65.2 Å². The summed E-state index contributed by atoms with van der Waals surface area (Å²) >= 11 is 0. The van der Waals surface area contributed by atoms with Crippen molar-refractivity contribution in [3.8, 4) is 0 Å². The molecular weight excluding hydrogens is 300 g/mol. The average Bonchev–Trinajstić information content (AvgIpc) is 3.05. The van der Waals surface area contributed by atoms with E-state index >= 15 is 0 Å². The Morgan fingerprint density at radius 3 is 2.75 bits per heavy atom. The summed E-state index contributed by atoms with van der Waals surface area (Å²) in [6.45, 7) is 4.55. The predicted molar refractivity (Wildman–Crippen MR) is 91.1 cm³/mol. The third-order valence-corrected chi connectivity index (χ3v) is 8.90. The Kier molecular flexibility index (Phi) is 3.13. The fourth-order valence-electron chi connectivity index (χ4n) is 7.78. The molecular formula is C21H30O3. The second-order valence-electron chi connectivity index (χ2n) is 9.53. The van der Waals surface area contributed by atoms with Gasteiger partial charge in [0, 0.05) is 5.92 Å². The van der Waals surface area contributed by atoms with Gasteiger partial charge in [-0.05, 0) is 81.5 Å². The molecule has 1 N–H and O–H groups in total. The fourth-order valence-corrected chi connectivity index (χ4v) is 7.78. The maximum absolute atomic E-state index is 12.8. The van der Waals surface area contributed by atoms with Gasteiger partial charge in [-0.3, -0.25) is 4.79 Å². The number of rotatable bonds is 0. The molecule has 132 valence electrons. The van der Waals surface area contributed by atoms with Crippen LogP contribution in [0.4, 0.5) is 0 Å². The van der Waals surface area contributed by atoms with Crippen molar-refractivity contribution in [2.24, 2.45) is 34.5 Å². The first-order valence-corrected chi connectivity index (χ1v) is 10.1. The molecule has 0 radical (unpaired) electrons. The van der Waals surface area contributed by atoms with Gasteiger partial charge in [0.05, 0.1) is 11.5 Å². The second kappa shape index (κ2) is 4.87. The molecule has 0 aromatic rings. The molecule has 0 aromatic heterocycles. The maximum atomic E-state index is 12.8. The van der Waals surface area contributed by atoms with Crippen LogP contribution in [0.3, 0.4) is 0 Å². The van der Waals surface area contributed by atoms with Gasteiger partial charge >= 0.3 is 5.97 Å². The van der Waals surface area contributed by atoms with Gasteiger partial charge in [0.2, 0.25) is 0 Å². The van der Waals surface area contributed by atoms with E-state index in [0.717, 1.165) is 32.1 Å². The number of esters is 1. The number of aliphatic hydroxyl groups is 1. The minimum absolute atomic E-state index is 0.120. The Morgan fingerprint density at radius 1 is 1.12 bits per heavy atom. The van der Waals surface area contributed by atoms with Gasteiger partial charge in [0.15, 0.2) is 0 Å². The van der Waals surface area contributed by atoms with E-state index in [1.54, 1.807) is 0 Å². The van der Waals surface area contributed by atoms with Crippen LogP contribution in [0.25, 0.3) is 0 Å². The average molecular weight is 330 g/mol. The number of fused-ring (bicyclic) bond motifs is 4. The number of hydrogen-bond acceptors (Lipinski definition) is 3. The molecule has 0 amide bonds. The number of hydrogen-bond donors (Lipinski definition) is 1. The summed E-state index contributed by atoms with van der Waals surface area (Å²) in [5.74, 6) is 2.45. The quantitative estimate of drug-likeness (QED) is 0.542. The van der Waals surface area contributed by atoms with Crippen molar-refractivity contribution in [3.63, 3.8) is 0 Å². The zero-order valence-electron chi connectivity index (χ0n) is 15.0. The predicted octanol–water partition coefficient (Wildman–Crippen LogP) is 3.85. The molecule has 1 saturated heterocycles. The van der Waals surface area contributed by atoms with E-state index in [1.807, 2.05) is 0 Å². The minimum atomic E-state index is -0.156. The number of ether oxygens (including phenoxy) is 1. The molecule has 0 aromatic carbocycles. The van der Waals surface area contributed by atoms with Crippen molar-refractivity contribution >= 4 is 5.97 Å². The van der Waals surface area contributed by atoms with Crippen molar-refractivity contribution in [1.29, 1.82) is 0 Å². The summed E-state index contributed by atoms with van der Waals surface area (Å²) in [5, 5.41) is 10.1. The van der Waals surface area contributed by atoms with Gasteiger partial charge in [-0.15, -0.1) is 0 Å². The Hall–Kier alpha value is -0.830. The third kappa shape index (κ3) is 1.70. The summed E-state index contributed by atoms with van der Waals surface area (Å²) < 4.78 is 5.73. The number of cyclic esters (lactones) is 1. The van der Waals surface area contributed by atoms with Gasteiger partial charge in [0.1, 0.15) is 6.10 Å². The largest absolute Gasteiger partial charge is 0.462 e. The summed E-state index contributed by atoms with van der Waals surface area (Å²) in [5.41, 5.74) is 1.61. The van der Waals surface area contributed by atoms with E-state index in [0.29, 0.717) is 23.7 Å². The highest BCUT2D eigenvalue weighted by Crippen LogP contribution is 2.68. The standard InChI is InChI=1S/C21H30O3/c1-12-16-5-6-18-15-4-3-13-11-14(22)7-9-20(13,2)17(15)8-10-21(16,18)19(23)24-12/h3,12,14-18,22H,4-11H2,1-2H3/t12-,14?,15?,16?,17?,18?,20?,21?/m1/s1. The molecule has 8 atom stereocenters. The molecule has 1 heterocycles. The Balaban J connectivity index is 1.52. The third-order valence-electron chi connectivity index (χ3n) is 8.90. The van der Waals surface area contributed by atoms with E-state index in [1.165, 1.54) is 24.8 Å². The van der Waals surface area contributed by atoms with Crippen molar-refractivity contribution in [2.75, 3.05) is 0 Å². The molecule has 4 fully saturated rings. The molecule has 5 rings (SSSR count). The molecule has 5 aliphatic rings. The van der Waals surface area contributed by atoms with Crippen LogP contribution in [-0.4, -0.2) is 23.3 Å². The fraction of sp³-hybridized carbons (Fsp3) is 0.857. The molecule has 24 heavy (non-hydrogen) atoms. The summed E-state index contributed by atoms with van der Waals surface area (Å²) in [6, 6.07) is 0. The van der Waals surface area contributed by atoms with Crippen molar-refractivity contribution < 1.29 is 14.6 Å². The number of aliphatic hydroxyl groups excluding tert-OH is 1. The monoisotopic (exact) mass is 330 g/mol. The van der Waals surface area contributed by atoms with Crippen LogP contribution in [-0.2, 0) is 9.53 Å². The molecule has 3 heteroatoms. The Labute approximate surface area is 144 Å². The lowest BCUT2D eigenvalue weighted by Gasteiger charge is -2.56. The second-order valence-corrected chi connectivity index (χ2v) is 9.53. The first kappa shape index (κ1) is 15.4. The van der Waals surface area contributed by atoms with Crippen LogP contribution in [0, 0.1) is 34.5 Å². The lowest BCUT2D eigenvalue weighted by Crippen LogP contribution is -2.52. The summed E-state index contributed by atoms with van der Waals surface area (Å²) in [7, 11) is 0. The molecule has 1 aliphatic heterocycles. The Bertz CT molecular complexity index is 610. The highest BCUT2D eigenvalue weighted by Gasteiger charge is 2.68. The highest BCUT2D eigenvalue weighted by molar-refractivity contribution is 5.81. The van der Waals surface area contributed by atoms with Gasteiger partial charge in [-0.2, -0.15) is 0 Å². The number of carbonyl (C=O) groups excluding carboxylic acids is 1. The zero-order chi connectivity index (χ0) is 16.7. The number of allylic oxidation sites excluding steroid dienone is 1. The number of carbonyl (C=O) groups is 1. The van der Waals surface area contributed by atoms with Crippen LogP contribution in [0.5, 0.6) is 0 Å². The van der Waals surface area contributed by atoms with Gasteiger partial charge in [0.25, 0.3) is 0 Å². The first-order chi connectivity index (χ1) is 11.5. The summed E-state index contributed by atoms with van der Waals surface area (Å²) in [4.78, 5) is 12.8. The molecule has 1 spiro atoms. The van der Waals surface area contributed by atoms with E-state index in [9.17, 15) is 9.90 Å². The molecule has 0 bridgehead atoms. The van der Waals surface area contributed by atoms with Crippen LogP contribution < -0.4 is 0 Å². The SMILES string of the molecule is C[C@H]1OC(=O)C23CCC4C(CC=C5CC(O)CCC54C)C2CCC13. The topological polar surface area (TPSA) is 46.5 Å². The van der Waals surface area contributed by atoms with Gasteiger partial charge < -0.3 is 9.84 Å². The minimum Gasteiger partial charge on any atom is -0.462 e. The van der Waals surface area contributed by atoms with Crippen LogP contribution in [0.2, 0.25) is 0 Å². The van der Waals surface area contributed by atoms with E-state index < -0.39 is 0 Å². The maximum Gasteiger partial charge on any atom is 0.313 e. The molecule has 3 nitrogen and oxygen atoms in total. The van der Waals surface area contributed by atoms with Gasteiger partial charge in [-0.25, -0.2) is 0 Å². The van der Waals surface area contributed by atoms with E-state index in [2.05, 4.69) is 19.9 Å². The first-order valence-electron chi connectivity index (χ1n) is 10.1. The highest BCUT2D eigenvalue weighted by atomic mass is 16.6. The van der Waals surface area contributed by atoms with Crippen LogP contribution >= 0.6 is 0 Å². The molecule has 4 aliphatic carbocycles. The summed E-state index contributed by atoms with van der Waals surface area (Å²) in [6.07, 6.45) is 11.1.